The molecule has 0 aromatic carbocycles. The fourth-order valence-electron chi connectivity index (χ4n) is 2.78. The Morgan fingerprint density at radius 3 is 2.73 bits per heavy atom. The van der Waals surface area contributed by atoms with Crippen LogP contribution in [0.3, 0.4) is 0 Å². The Morgan fingerprint density at radius 2 is 2.07 bits per heavy atom. The molecule has 2 nitrogen and oxygen atoms in total. The van der Waals surface area contributed by atoms with E-state index in [0.717, 1.165) is 12.0 Å². The van der Waals surface area contributed by atoms with Crippen LogP contribution in [0.1, 0.15) is 45.4 Å². The van der Waals surface area contributed by atoms with Crippen molar-refractivity contribution in [2.24, 2.45) is 5.92 Å². The third-order valence-corrected chi connectivity index (χ3v) is 3.93. The van der Waals surface area contributed by atoms with Crippen LogP contribution < -0.4 is 5.32 Å². The van der Waals surface area contributed by atoms with Crippen LogP contribution in [0.4, 0.5) is 0 Å². The van der Waals surface area contributed by atoms with Gasteiger partial charge in [-0.25, -0.2) is 0 Å². The van der Waals surface area contributed by atoms with E-state index < -0.39 is 0 Å². The summed E-state index contributed by atoms with van der Waals surface area (Å²) >= 11 is 0. The second kappa shape index (κ2) is 5.86. The molecule has 0 aromatic heterocycles. The Kier molecular flexibility index (Phi) is 4.45. The van der Waals surface area contributed by atoms with Crippen molar-refractivity contribution in [3.63, 3.8) is 0 Å². The first-order valence-electron chi connectivity index (χ1n) is 6.84. The molecule has 0 aromatic rings. The monoisotopic (exact) mass is 210 g/mol. The lowest BCUT2D eigenvalue weighted by molar-refractivity contribution is 0.135. The van der Waals surface area contributed by atoms with Gasteiger partial charge < -0.3 is 10.2 Å². The maximum Gasteiger partial charge on any atom is 0.0195 e. The summed E-state index contributed by atoms with van der Waals surface area (Å²) in [5.74, 6) is 1.04. The van der Waals surface area contributed by atoms with Crippen LogP contribution in [0.15, 0.2) is 0 Å². The zero-order chi connectivity index (χ0) is 10.5. The summed E-state index contributed by atoms with van der Waals surface area (Å²) in [5, 5.41) is 3.67. The largest absolute Gasteiger partial charge is 0.313 e. The van der Waals surface area contributed by atoms with Crippen LogP contribution >= 0.6 is 0 Å². The van der Waals surface area contributed by atoms with Gasteiger partial charge in [0.05, 0.1) is 0 Å². The lowest BCUT2D eigenvalue weighted by Gasteiger charge is -2.37. The number of rotatable bonds is 5. The van der Waals surface area contributed by atoms with Crippen molar-refractivity contribution in [1.29, 1.82) is 0 Å². The summed E-state index contributed by atoms with van der Waals surface area (Å²) in [4.78, 5) is 2.70. The molecule has 1 aliphatic carbocycles. The Bertz CT molecular complexity index is 177. The summed E-state index contributed by atoms with van der Waals surface area (Å²) in [7, 11) is 0. The standard InChI is InChI=1S/C13H26N2/c1-2-8-14-13-7-4-9-15(11-13)10-12-5-3-6-12/h12-14H,2-11H2,1H3. The topological polar surface area (TPSA) is 15.3 Å². The molecule has 1 atom stereocenters. The molecule has 1 unspecified atom stereocenters. The van der Waals surface area contributed by atoms with E-state index in [-0.39, 0.29) is 0 Å². The predicted molar refractivity (Wildman–Crippen MR) is 65.1 cm³/mol. The second-order valence-electron chi connectivity index (χ2n) is 5.35. The number of likely N-dealkylation sites (tertiary alicyclic amines) is 1. The summed E-state index contributed by atoms with van der Waals surface area (Å²) in [6.45, 7) is 7.48. The van der Waals surface area contributed by atoms with E-state index in [1.165, 1.54) is 64.7 Å². The molecule has 0 bridgehead atoms. The molecule has 0 amide bonds. The SMILES string of the molecule is CCCNC1CCCN(CC2CCC2)C1. The van der Waals surface area contributed by atoms with Gasteiger partial charge >= 0.3 is 0 Å². The van der Waals surface area contributed by atoms with E-state index in [2.05, 4.69) is 17.1 Å². The molecule has 0 radical (unpaired) electrons. The van der Waals surface area contributed by atoms with Crippen LogP contribution in [-0.4, -0.2) is 37.1 Å². The number of hydrogen-bond donors (Lipinski definition) is 1. The van der Waals surface area contributed by atoms with Gasteiger partial charge in [-0.1, -0.05) is 13.3 Å². The Morgan fingerprint density at radius 1 is 1.20 bits per heavy atom. The molecule has 1 saturated heterocycles. The molecule has 2 fully saturated rings. The first kappa shape index (κ1) is 11.4. The molecule has 1 heterocycles. The fourth-order valence-corrected chi connectivity index (χ4v) is 2.78. The zero-order valence-electron chi connectivity index (χ0n) is 10.2. The Balaban J connectivity index is 1.66. The highest BCUT2D eigenvalue weighted by molar-refractivity contribution is 4.81. The van der Waals surface area contributed by atoms with Gasteiger partial charge in [0.25, 0.3) is 0 Å². The van der Waals surface area contributed by atoms with Gasteiger partial charge in [0, 0.05) is 19.1 Å². The first-order chi connectivity index (χ1) is 7.38. The zero-order valence-corrected chi connectivity index (χ0v) is 10.2. The van der Waals surface area contributed by atoms with Gasteiger partial charge in [0.1, 0.15) is 0 Å². The molecule has 1 aliphatic heterocycles. The average Bonchev–Trinajstić information content (AvgIpc) is 2.21. The molecule has 15 heavy (non-hydrogen) atoms. The minimum atomic E-state index is 0.777. The highest BCUT2D eigenvalue weighted by atomic mass is 15.2. The van der Waals surface area contributed by atoms with Gasteiger partial charge in [-0.05, 0) is 51.1 Å². The average molecular weight is 210 g/mol. The molecule has 88 valence electrons. The molecular formula is C13H26N2. The van der Waals surface area contributed by atoms with Gasteiger partial charge in [0.2, 0.25) is 0 Å². The summed E-state index contributed by atoms with van der Waals surface area (Å²) < 4.78 is 0. The van der Waals surface area contributed by atoms with Crippen molar-refractivity contribution in [1.82, 2.24) is 10.2 Å². The number of piperidine rings is 1. The number of hydrogen-bond acceptors (Lipinski definition) is 2. The number of nitrogens with one attached hydrogen (secondary N) is 1. The molecule has 1 N–H and O–H groups in total. The normalized spacial score (nSPS) is 29.0. The smallest absolute Gasteiger partial charge is 0.0195 e. The summed E-state index contributed by atoms with van der Waals surface area (Å²) in [6.07, 6.45) is 8.51. The van der Waals surface area contributed by atoms with Crippen molar-refractivity contribution in [2.45, 2.75) is 51.5 Å². The van der Waals surface area contributed by atoms with Gasteiger partial charge in [-0.2, -0.15) is 0 Å². The second-order valence-corrected chi connectivity index (χ2v) is 5.35. The minimum absolute atomic E-state index is 0.777. The lowest BCUT2D eigenvalue weighted by atomic mass is 9.84. The van der Waals surface area contributed by atoms with Crippen molar-refractivity contribution in [3.05, 3.63) is 0 Å². The third kappa shape index (κ3) is 3.46. The van der Waals surface area contributed by atoms with Crippen molar-refractivity contribution >= 4 is 0 Å². The maximum atomic E-state index is 3.67. The van der Waals surface area contributed by atoms with Crippen molar-refractivity contribution < 1.29 is 0 Å². The fraction of sp³-hybridized carbons (Fsp3) is 1.00. The van der Waals surface area contributed by atoms with Gasteiger partial charge in [-0.15, -0.1) is 0 Å². The molecule has 1 saturated carbocycles. The van der Waals surface area contributed by atoms with Crippen LogP contribution in [0, 0.1) is 5.92 Å². The Labute approximate surface area is 94.4 Å². The van der Waals surface area contributed by atoms with E-state index in [1.54, 1.807) is 0 Å². The van der Waals surface area contributed by atoms with Gasteiger partial charge in [-0.3, -0.25) is 0 Å². The summed E-state index contributed by atoms with van der Waals surface area (Å²) in [6, 6.07) is 0.777. The number of nitrogens with zero attached hydrogens (tertiary/aromatic N) is 1. The van der Waals surface area contributed by atoms with Crippen LogP contribution in [0.2, 0.25) is 0 Å². The van der Waals surface area contributed by atoms with E-state index in [4.69, 9.17) is 0 Å². The van der Waals surface area contributed by atoms with E-state index in [0.29, 0.717) is 0 Å². The highest BCUT2D eigenvalue weighted by Gasteiger charge is 2.24. The van der Waals surface area contributed by atoms with Crippen LogP contribution in [0.25, 0.3) is 0 Å². The lowest BCUT2D eigenvalue weighted by Crippen LogP contribution is -2.47. The molecule has 2 aliphatic rings. The van der Waals surface area contributed by atoms with E-state index in [9.17, 15) is 0 Å². The van der Waals surface area contributed by atoms with E-state index >= 15 is 0 Å². The maximum absolute atomic E-state index is 3.67. The molecular weight excluding hydrogens is 184 g/mol. The third-order valence-electron chi connectivity index (χ3n) is 3.93. The molecule has 0 spiro atoms. The highest BCUT2D eigenvalue weighted by Crippen LogP contribution is 2.27. The summed E-state index contributed by atoms with van der Waals surface area (Å²) in [5.41, 5.74) is 0. The molecule has 2 heteroatoms. The molecule has 2 rings (SSSR count). The van der Waals surface area contributed by atoms with Crippen molar-refractivity contribution in [3.8, 4) is 0 Å². The quantitative estimate of drug-likeness (QED) is 0.749. The first-order valence-corrected chi connectivity index (χ1v) is 6.84. The predicted octanol–water partition coefficient (Wildman–Crippen LogP) is 2.25. The minimum Gasteiger partial charge on any atom is -0.313 e. The van der Waals surface area contributed by atoms with E-state index in [1.807, 2.05) is 0 Å². The van der Waals surface area contributed by atoms with Crippen LogP contribution in [-0.2, 0) is 0 Å². The van der Waals surface area contributed by atoms with Crippen molar-refractivity contribution in [2.75, 3.05) is 26.2 Å². The van der Waals surface area contributed by atoms with Crippen LogP contribution in [0.5, 0.6) is 0 Å². The Hall–Kier alpha value is -0.0800. The van der Waals surface area contributed by atoms with Gasteiger partial charge in [0.15, 0.2) is 0 Å².